The lowest BCUT2D eigenvalue weighted by atomic mass is 9.96. The first-order valence-electron chi connectivity index (χ1n) is 5.37. The van der Waals surface area contributed by atoms with Gasteiger partial charge >= 0.3 is 5.97 Å². The Morgan fingerprint density at radius 2 is 2.17 bits per heavy atom. The predicted octanol–water partition coefficient (Wildman–Crippen LogP) is -0.143. The van der Waals surface area contributed by atoms with Crippen LogP contribution >= 0.6 is 23.4 Å². The lowest BCUT2D eigenvalue weighted by molar-refractivity contribution is -0.160. The van der Waals surface area contributed by atoms with Gasteiger partial charge in [0.25, 0.3) is 0 Å². The molecule has 2 fully saturated rings. The molecule has 0 saturated carbocycles. The molecule has 2 aliphatic heterocycles. The van der Waals surface area contributed by atoms with Crippen molar-refractivity contribution in [2.24, 2.45) is 0 Å². The molecule has 0 spiro atoms. The average Bonchev–Trinajstić information content (AvgIpc) is 2.54. The summed E-state index contributed by atoms with van der Waals surface area (Å²) in [5.74, 6) is -2.02. The van der Waals surface area contributed by atoms with Crippen molar-refractivity contribution in [2.45, 2.75) is 36.1 Å². The van der Waals surface area contributed by atoms with Crippen LogP contribution < -0.4 is 5.32 Å². The van der Waals surface area contributed by atoms with Crippen molar-refractivity contribution in [2.75, 3.05) is 5.88 Å². The minimum atomic E-state index is -1.02. The topological polar surface area (TPSA) is 86.7 Å². The lowest BCUT2D eigenvalue weighted by Gasteiger charge is -2.43. The van der Waals surface area contributed by atoms with Crippen LogP contribution in [0.1, 0.15) is 13.8 Å². The fourth-order valence-corrected chi connectivity index (χ4v) is 4.06. The molecule has 0 bridgehead atoms. The van der Waals surface area contributed by atoms with Crippen molar-refractivity contribution < 1.29 is 19.5 Å². The van der Waals surface area contributed by atoms with E-state index in [1.807, 2.05) is 0 Å². The third-order valence-electron chi connectivity index (χ3n) is 3.11. The van der Waals surface area contributed by atoms with Gasteiger partial charge in [-0.25, -0.2) is 4.79 Å². The zero-order valence-corrected chi connectivity index (χ0v) is 11.4. The van der Waals surface area contributed by atoms with E-state index < -0.39 is 28.7 Å². The molecule has 6 nitrogen and oxygen atoms in total. The van der Waals surface area contributed by atoms with Crippen LogP contribution in [0.5, 0.6) is 0 Å². The maximum absolute atomic E-state index is 11.9. The normalized spacial score (nSPS) is 32.7. The van der Waals surface area contributed by atoms with E-state index in [2.05, 4.69) is 5.32 Å². The van der Waals surface area contributed by atoms with Crippen LogP contribution in [0.4, 0.5) is 0 Å². The van der Waals surface area contributed by atoms with Crippen LogP contribution in [-0.2, 0) is 14.4 Å². The van der Waals surface area contributed by atoms with Gasteiger partial charge in [-0.1, -0.05) is 0 Å². The molecule has 0 radical (unpaired) electrons. The van der Waals surface area contributed by atoms with Crippen LogP contribution in [0, 0.1) is 0 Å². The zero-order valence-electron chi connectivity index (χ0n) is 9.84. The Kier molecular flexibility index (Phi) is 3.23. The Morgan fingerprint density at radius 1 is 1.56 bits per heavy atom. The highest BCUT2D eigenvalue weighted by atomic mass is 35.5. The number of nitrogens with zero attached hydrogens (tertiary/aromatic N) is 1. The van der Waals surface area contributed by atoms with Gasteiger partial charge in [-0.2, -0.15) is 0 Å². The van der Waals surface area contributed by atoms with Crippen molar-refractivity contribution in [1.29, 1.82) is 0 Å². The number of carbonyl (C=O) groups is 3. The van der Waals surface area contributed by atoms with E-state index in [4.69, 9.17) is 11.6 Å². The van der Waals surface area contributed by atoms with Gasteiger partial charge in [0.1, 0.15) is 23.3 Å². The molecule has 2 N–H and O–H groups in total. The number of aliphatic carboxylic acids is 1. The number of carbonyl (C=O) groups excluding carboxylic acids is 2. The molecule has 0 aromatic rings. The third-order valence-corrected chi connectivity index (χ3v) is 4.93. The summed E-state index contributed by atoms with van der Waals surface area (Å²) in [6.07, 6.45) is 0. The highest BCUT2D eigenvalue weighted by Crippen LogP contribution is 2.50. The number of thioether (sulfide) groups is 1. The number of rotatable bonds is 3. The van der Waals surface area contributed by atoms with Crippen LogP contribution in [0.2, 0.25) is 0 Å². The summed E-state index contributed by atoms with van der Waals surface area (Å²) < 4.78 is -0.577. The number of halogens is 1. The quantitative estimate of drug-likeness (QED) is 0.558. The number of nitrogens with one attached hydrogen (secondary N) is 1. The van der Waals surface area contributed by atoms with E-state index in [1.54, 1.807) is 13.8 Å². The first-order valence-corrected chi connectivity index (χ1v) is 6.79. The highest BCUT2D eigenvalue weighted by molar-refractivity contribution is 8.01. The number of alkyl halides is 1. The summed E-state index contributed by atoms with van der Waals surface area (Å²) in [6.45, 7) is 3.56. The number of hydrogen-bond acceptors (Lipinski definition) is 4. The van der Waals surface area contributed by atoms with Gasteiger partial charge in [0.15, 0.2) is 0 Å². The Hall–Kier alpha value is -0.950. The number of fused-ring (bicyclic) bond motifs is 1. The van der Waals surface area contributed by atoms with E-state index in [0.29, 0.717) is 0 Å². The largest absolute Gasteiger partial charge is 0.480 e. The van der Waals surface area contributed by atoms with Gasteiger partial charge in [0.05, 0.1) is 0 Å². The molecule has 100 valence electrons. The van der Waals surface area contributed by atoms with E-state index in [9.17, 15) is 19.5 Å². The average molecular weight is 293 g/mol. The number of hydrogen-bond donors (Lipinski definition) is 2. The molecule has 2 saturated heterocycles. The molecule has 2 rings (SSSR count). The molecular formula is C10H13ClN2O4S. The van der Waals surface area contributed by atoms with Crippen molar-refractivity contribution in [3.8, 4) is 0 Å². The van der Waals surface area contributed by atoms with E-state index >= 15 is 0 Å². The van der Waals surface area contributed by atoms with Gasteiger partial charge in [-0.3, -0.25) is 9.59 Å². The number of carboxylic acids is 1. The molecule has 0 aromatic heterocycles. The van der Waals surface area contributed by atoms with E-state index in [1.165, 1.54) is 16.7 Å². The Morgan fingerprint density at radius 3 is 2.67 bits per heavy atom. The molecule has 2 aliphatic rings. The smallest absolute Gasteiger partial charge is 0.327 e. The van der Waals surface area contributed by atoms with Crippen molar-refractivity contribution in [1.82, 2.24) is 10.2 Å². The van der Waals surface area contributed by atoms with Crippen LogP contribution in [0.25, 0.3) is 0 Å². The summed E-state index contributed by atoms with van der Waals surface area (Å²) >= 11 is 6.75. The van der Waals surface area contributed by atoms with Crippen LogP contribution in [0.15, 0.2) is 0 Å². The summed E-state index contributed by atoms with van der Waals surface area (Å²) in [4.78, 5) is 35.6. The Labute approximate surface area is 113 Å². The number of amides is 2. The van der Waals surface area contributed by atoms with E-state index in [-0.39, 0.29) is 17.2 Å². The molecule has 0 aromatic carbocycles. The standard InChI is InChI=1S/C10H13ClN2O4S/c1-10(2)6(9(16)17)13-7(15)5(8(13)18-10)12-4(14)3-11/h5-6,8H,3H2,1-2H3,(H,12,14)(H,16,17)/t5-,6+,8+/m1/s1. The first-order chi connectivity index (χ1) is 8.29. The van der Waals surface area contributed by atoms with Crippen LogP contribution in [-0.4, -0.2) is 55.9 Å². The minimum Gasteiger partial charge on any atom is -0.480 e. The zero-order chi connectivity index (χ0) is 13.7. The van der Waals surface area contributed by atoms with Crippen LogP contribution in [0.3, 0.4) is 0 Å². The summed E-state index contributed by atoms with van der Waals surface area (Å²) in [5, 5.41) is 11.4. The predicted molar refractivity (Wildman–Crippen MR) is 66.4 cm³/mol. The molecule has 3 atom stereocenters. The van der Waals surface area contributed by atoms with Gasteiger partial charge in [-0.15, -0.1) is 23.4 Å². The minimum absolute atomic E-state index is 0.215. The molecule has 18 heavy (non-hydrogen) atoms. The molecule has 0 aliphatic carbocycles. The van der Waals surface area contributed by atoms with Gasteiger partial charge in [-0.05, 0) is 13.8 Å². The number of carboxylic acid groups (broad SMARTS) is 1. The second-order valence-corrected chi connectivity index (χ2v) is 6.82. The van der Waals surface area contributed by atoms with Crippen molar-refractivity contribution in [3.05, 3.63) is 0 Å². The molecular weight excluding hydrogens is 280 g/mol. The maximum Gasteiger partial charge on any atom is 0.327 e. The van der Waals surface area contributed by atoms with Crippen molar-refractivity contribution >= 4 is 41.1 Å². The van der Waals surface area contributed by atoms with Crippen molar-refractivity contribution in [3.63, 3.8) is 0 Å². The second kappa shape index (κ2) is 4.31. The Balaban J connectivity index is 2.16. The fourth-order valence-electron chi connectivity index (χ4n) is 2.36. The van der Waals surface area contributed by atoms with Gasteiger partial charge in [0, 0.05) is 4.75 Å². The first kappa shape index (κ1) is 13.5. The number of β-lactam (4-membered cyclic amide) rings is 1. The molecule has 2 amide bonds. The monoisotopic (exact) mass is 292 g/mol. The lowest BCUT2D eigenvalue weighted by Crippen LogP contribution is -2.70. The fraction of sp³-hybridized carbons (Fsp3) is 0.700. The molecule has 2 heterocycles. The van der Waals surface area contributed by atoms with Gasteiger partial charge < -0.3 is 15.3 Å². The Bertz CT molecular complexity index is 428. The molecule has 0 unspecified atom stereocenters. The second-order valence-electron chi connectivity index (χ2n) is 4.78. The van der Waals surface area contributed by atoms with E-state index in [0.717, 1.165) is 0 Å². The highest BCUT2D eigenvalue weighted by Gasteiger charge is 2.64. The summed E-state index contributed by atoms with van der Waals surface area (Å²) in [7, 11) is 0. The third kappa shape index (κ3) is 1.85. The summed E-state index contributed by atoms with van der Waals surface area (Å²) in [6, 6.07) is -1.52. The molecule has 8 heteroatoms. The summed E-state index contributed by atoms with van der Waals surface area (Å²) in [5.41, 5.74) is 0. The SMILES string of the molecule is CC1(C)S[C@H]2[C@H](NC(=O)CCl)C(=O)N2[C@H]1C(=O)O. The maximum atomic E-state index is 11.9. The van der Waals surface area contributed by atoms with Gasteiger partial charge in [0.2, 0.25) is 11.8 Å².